The second kappa shape index (κ2) is 4.42. The Bertz CT molecular complexity index is 544. The molecular weight excluding hydrogens is 208 g/mol. The Balaban J connectivity index is 2.16. The summed E-state index contributed by atoms with van der Waals surface area (Å²) in [6.45, 7) is 1.73. The lowest BCUT2D eigenvalue weighted by Gasteiger charge is -2.12. The van der Waals surface area contributed by atoms with Crippen LogP contribution in [0.25, 0.3) is 11.1 Å². The van der Waals surface area contributed by atoms with E-state index in [9.17, 15) is 0 Å². The maximum Gasteiger partial charge on any atom is 0.0562 e. The molecule has 3 rings (SSSR count). The van der Waals surface area contributed by atoms with Crippen LogP contribution in [-0.4, -0.2) is 19.3 Å². The van der Waals surface area contributed by atoms with Crippen LogP contribution in [0.5, 0.6) is 0 Å². The van der Waals surface area contributed by atoms with E-state index in [1.165, 1.54) is 22.4 Å². The maximum absolute atomic E-state index is 4.36. The quantitative estimate of drug-likeness (QED) is 0.787. The van der Waals surface area contributed by atoms with Gasteiger partial charge in [-0.2, -0.15) is 0 Å². The van der Waals surface area contributed by atoms with Gasteiger partial charge in [-0.25, -0.2) is 0 Å². The van der Waals surface area contributed by atoms with Crippen LogP contribution in [0.3, 0.4) is 0 Å². The molecule has 0 unspecified atom stereocenters. The Morgan fingerprint density at radius 2 is 1.82 bits per heavy atom. The molecule has 0 fully saturated rings. The fraction of sp³-hybridized carbons (Fsp3) is 0.133. The molecule has 2 aromatic rings. The highest BCUT2D eigenvalue weighted by atomic mass is 14.9. The summed E-state index contributed by atoms with van der Waals surface area (Å²) in [6, 6.07) is 16.8. The summed E-state index contributed by atoms with van der Waals surface area (Å²) in [5.74, 6) is 0. The van der Waals surface area contributed by atoms with Crippen LogP contribution >= 0.6 is 0 Å². The smallest absolute Gasteiger partial charge is 0.0562 e. The largest absolute Gasteiger partial charge is 0.382 e. The Morgan fingerprint density at radius 1 is 0.941 bits per heavy atom. The van der Waals surface area contributed by atoms with Crippen LogP contribution in [0.4, 0.5) is 5.69 Å². The van der Waals surface area contributed by atoms with E-state index in [0.29, 0.717) is 0 Å². The summed E-state index contributed by atoms with van der Waals surface area (Å²) in [5.41, 5.74) is 4.85. The third kappa shape index (κ3) is 1.94. The normalized spacial score (nSPS) is 13.6. The summed E-state index contributed by atoms with van der Waals surface area (Å²) in [5, 5.41) is 3.47. The van der Waals surface area contributed by atoms with Crippen molar-refractivity contribution in [1.82, 2.24) is 0 Å². The lowest BCUT2D eigenvalue weighted by molar-refractivity contribution is 1.04. The van der Waals surface area contributed by atoms with Gasteiger partial charge >= 0.3 is 0 Å². The average Bonchev–Trinajstić information content (AvgIpc) is 2.64. The SMILES string of the molecule is C1=NCCNc2c1cccc2-c1ccccc1. The standard InChI is InChI=1S/C15H14N2/c1-2-5-12(6-3-1)14-8-4-7-13-11-16-9-10-17-15(13)14/h1-8,11,17H,9-10H2. The lowest BCUT2D eigenvalue weighted by Crippen LogP contribution is -2.04. The monoisotopic (exact) mass is 222 g/mol. The zero-order chi connectivity index (χ0) is 11.5. The van der Waals surface area contributed by atoms with Crippen LogP contribution in [0, 0.1) is 0 Å². The van der Waals surface area contributed by atoms with Gasteiger partial charge in [-0.15, -0.1) is 0 Å². The van der Waals surface area contributed by atoms with Crippen LogP contribution in [0.2, 0.25) is 0 Å². The molecule has 0 saturated heterocycles. The highest BCUT2D eigenvalue weighted by molar-refractivity contribution is 5.95. The molecular formula is C15H14N2. The molecule has 1 heterocycles. The topological polar surface area (TPSA) is 24.4 Å². The van der Waals surface area contributed by atoms with E-state index >= 15 is 0 Å². The van der Waals surface area contributed by atoms with E-state index in [4.69, 9.17) is 0 Å². The summed E-state index contributed by atoms with van der Waals surface area (Å²) in [4.78, 5) is 4.36. The summed E-state index contributed by atoms with van der Waals surface area (Å²) < 4.78 is 0. The molecule has 17 heavy (non-hydrogen) atoms. The summed E-state index contributed by atoms with van der Waals surface area (Å²) in [7, 11) is 0. The first-order valence-electron chi connectivity index (χ1n) is 5.87. The molecule has 1 N–H and O–H groups in total. The van der Waals surface area contributed by atoms with Gasteiger partial charge in [0.25, 0.3) is 0 Å². The number of aliphatic imine (C=N–C) groups is 1. The van der Waals surface area contributed by atoms with Crippen molar-refractivity contribution >= 4 is 11.9 Å². The van der Waals surface area contributed by atoms with Gasteiger partial charge in [0.15, 0.2) is 0 Å². The van der Waals surface area contributed by atoms with Crippen LogP contribution in [0.1, 0.15) is 5.56 Å². The minimum atomic E-state index is 0.836. The van der Waals surface area contributed by atoms with Crippen molar-refractivity contribution in [1.29, 1.82) is 0 Å². The number of benzodiazepines with no additional fused rings is 1. The third-order valence-corrected chi connectivity index (χ3v) is 2.95. The average molecular weight is 222 g/mol. The number of anilines is 1. The minimum absolute atomic E-state index is 0.836. The van der Waals surface area contributed by atoms with Crippen molar-refractivity contribution in [2.75, 3.05) is 18.4 Å². The van der Waals surface area contributed by atoms with E-state index in [2.05, 4.69) is 52.8 Å². The fourth-order valence-electron chi connectivity index (χ4n) is 2.14. The molecule has 0 atom stereocenters. The van der Waals surface area contributed by atoms with E-state index in [1.54, 1.807) is 0 Å². The number of nitrogens with one attached hydrogen (secondary N) is 1. The number of hydrogen-bond donors (Lipinski definition) is 1. The zero-order valence-corrected chi connectivity index (χ0v) is 9.56. The highest BCUT2D eigenvalue weighted by Crippen LogP contribution is 2.30. The van der Waals surface area contributed by atoms with Gasteiger partial charge in [0.1, 0.15) is 0 Å². The molecule has 0 bridgehead atoms. The molecule has 2 aromatic carbocycles. The van der Waals surface area contributed by atoms with Gasteiger partial charge in [0.05, 0.1) is 12.2 Å². The number of benzene rings is 2. The molecule has 2 heteroatoms. The molecule has 0 amide bonds. The van der Waals surface area contributed by atoms with Crippen molar-refractivity contribution in [2.45, 2.75) is 0 Å². The van der Waals surface area contributed by atoms with Gasteiger partial charge in [-0.1, -0.05) is 48.5 Å². The second-order valence-electron chi connectivity index (χ2n) is 4.10. The van der Waals surface area contributed by atoms with Gasteiger partial charge in [0, 0.05) is 23.9 Å². The second-order valence-corrected chi connectivity index (χ2v) is 4.10. The highest BCUT2D eigenvalue weighted by Gasteiger charge is 2.09. The summed E-state index contributed by atoms with van der Waals surface area (Å²) >= 11 is 0. The Labute approximate surface area is 101 Å². The summed E-state index contributed by atoms with van der Waals surface area (Å²) in [6.07, 6.45) is 1.96. The molecule has 0 spiro atoms. The van der Waals surface area contributed by atoms with E-state index in [0.717, 1.165) is 13.1 Å². The Hall–Kier alpha value is -2.09. The number of fused-ring (bicyclic) bond motifs is 1. The number of nitrogens with zero attached hydrogens (tertiary/aromatic N) is 1. The number of para-hydroxylation sites is 1. The van der Waals surface area contributed by atoms with Crippen molar-refractivity contribution in [3.63, 3.8) is 0 Å². The first-order chi connectivity index (χ1) is 8.45. The molecule has 0 aromatic heterocycles. The molecule has 0 aliphatic carbocycles. The number of hydrogen-bond acceptors (Lipinski definition) is 2. The Morgan fingerprint density at radius 3 is 2.71 bits per heavy atom. The molecule has 1 aliphatic heterocycles. The first kappa shape index (κ1) is 10.1. The maximum atomic E-state index is 4.36. The van der Waals surface area contributed by atoms with Gasteiger partial charge in [-0.05, 0) is 5.56 Å². The van der Waals surface area contributed by atoms with Crippen molar-refractivity contribution < 1.29 is 0 Å². The fourth-order valence-corrected chi connectivity index (χ4v) is 2.14. The van der Waals surface area contributed by atoms with E-state index in [1.807, 2.05) is 12.3 Å². The predicted molar refractivity (Wildman–Crippen MR) is 72.8 cm³/mol. The van der Waals surface area contributed by atoms with E-state index < -0.39 is 0 Å². The molecule has 0 radical (unpaired) electrons. The van der Waals surface area contributed by atoms with Crippen molar-refractivity contribution in [2.24, 2.45) is 4.99 Å². The van der Waals surface area contributed by atoms with Crippen LogP contribution in [0.15, 0.2) is 53.5 Å². The zero-order valence-electron chi connectivity index (χ0n) is 9.56. The van der Waals surface area contributed by atoms with Crippen LogP contribution < -0.4 is 5.32 Å². The molecule has 0 saturated carbocycles. The minimum Gasteiger partial charge on any atom is -0.382 e. The predicted octanol–water partition coefficient (Wildman–Crippen LogP) is 3.20. The van der Waals surface area contributed by atoms with Gasteiger partial charge < -0.3 is 5.32 Å². The lowest BCUT2D eigenvalue weighted by atomic mass is 10.0. The van der Waals surface area contributed by atoms with Crippen molar-refractivity contribution in [3.8, 4) is 11.1 Å². The first-order valence-corrected chi connectivity index (χ1v) is 5.87. The van der Waals surface area contributed by atoms with Gasteiger partial charge in [0.2, 0.25) is 0 Å². The molecule has 2 nitrogen and oxygen atoms in total. The number of rotatable bonds is 1. The van der Waals surface area contributed by atoms with Crippen molar-refractivity contribution in [3.05, 3.63) is 54.1 Å². The van der Waals surface area contributed by atoms with E-state index in [-0.39, 0.29) is 0 Å². The molecule has 1 aliphatic rings. The van der Waals surface area contributed by atoms with Gasteiger partial charge in [-0.3, -0.25) is 4.99 Å². The van der Waals surface area contributed by atoms with Crippen LogP contribution in [-0.2, 0) is 0 Å². The Kier molecular flexibility index (Phi) is 2.62. The molecule has 84 valence electrons. The third-order valence-electron chi connectivity index (χ3n) is 2.95.